The summed E-state index contributed by atoms with van der Waals surface area (Å²) in [5.41, 5.74) is 12.3. The smallest absolute Gasteiger partial charge is 0.0761 e. The summed E-state index contributed by atoms with van der Waals surface area (Å²) in [6.07, 6.45) is 0.991. The number of hydrogen-bond acceptors (Lipinski definition) is 3. The van der Waals surface area contributed by atoms with Gasteiger partial charge in [-0.1, -0.05) is 25.1 Å². The first-order valence-electron chi connectivity index (χ1n) is 7.30. The first-order chi connectivity index (χ1) is 10.2. The molecule has 0 amide bonds. The molecule has 21 heavy (non-hydrogen) atoms. The lowest BCUT2D eigenvalue weighted by Gasteiger charge is -2.11. The first kappa shape index (κ1) is 13.8. The van der Waals surface area contributed by atoms with Crippen molar-refractivity contribution in [1.82, 2.24) is 14.8 Å². The van der Waals surface area contributed by atoms with E-state index in [1.54, 1.807) is 0 Å². The molecule has 3 rings (SSSR count). The average Bonchev–Trinajstić information content (AvgIpc) is 2.80. The lowest BCUT2D eigenvalue weighted by Crippen LogP contribution is -2.06. The van der Waals surface area contributed by atoms with Crippen molar-refractivity contribution in [3.63, 3.8) is 0 Å². The minimum Gasteiger partial charge on any atom is -0.325 e. The topological polar surface area (TPSA) is 56.7 Å². The van der Waals surface area contributed by atoms with Gasteiger partial charge < -0.3 is 5.73 Å². The molecular weight excluding hydrogens is 260 g/mol. The highest BCUT2D eigenvalue weighted by atomic mass is 15.3. The number of benzene rings is 1. The van der Waals surface area contributed by atoms with Gasteiger partial charge in [0.15, 0.2) is 0 Å². The molecule has 0 saturated heterocycles. The quantitative estimate of drug-likeness (QED) is 0.802. The summed E-state index contributed by atoms with van der Waals surface area (Å²) in [6.45, 7) is 6.78. The molecule has 4 nitrogen and oxygen atoms in total. The summed E-state index contributed by atoms with van der Waals surface area (Å²) in [6, 6.07) is 10.2. The van der Waals surface area contributed by atoms with Crippen molar-refractivity contribution in [2.75, 3.05) is 0 Å². The van der Waals surface area contributed by atoms with Crippen molar-refractivity contribution in [3.8, 4) is 5.69 Å². The van der Waals surface area contributed by atoms with Gasteiger partial charge in [-0.2, -0.15) is 5.10 Å². The normalized spacial score (nSPS) is 11.2. The van der Waals surface area contributed by atoms with Crippen LogP contribution in [0.25, 0.3) is 16.6 Å². The molecule has 0 aliphatic carbocycles. The summed E-state index contributed by atoms with van der Waals surface area (Å²) >= 11 is 0. The van der Waals surface area contributed by atoms with E-state index in [4.69, 9.17) is 10.8 Å². The molecule has 0 bridgehead atoms. The number of para-hydroxylation sites is 1. The van der Waals surface area contributed by atoms with Crippen molar-refractivity contribution in [2.45, 2.75) is 33.7 Å². The van der Waals surface area contributed by atoms with Crippen LogP contribution in [-0.4, -0.2) is 14.8 Å². The third-order valence-corrected chi connectivity index (χ3v) is 3.98. The van der Waals surface area contributed by atoms with Crippen LogP contribution in [0.2, 0.25) is 0 Å². The van der Waals surface area contributed by atoms with E-state index in [9.17, 15) is 0 Å². The third kappa shape index (κ3) is 2.21. The van der Waals surface area contributed by atoms with Crippen molar-refractivity contribution in [1.29, 1.82) is 0 Å². The number of fused-ring (bicyclic) bond motifs is 1. The van der Waals surface area contributed by atoms with Gasteiger partial charge >= 0.3 is 0 Å². The molecular formula is C17H20N4. The number of aromatic nitrogens is 3. The standard InChI is InChI=1S/C17H20N4/c1-4-14-11(2)20-21(12(14)3)17-9-13(10-18)19-16-8-6-5-7-15(16)17/h5-9H,4,10,18H2,1-3H3. The molecule has 3 aromatic rings. The number of aryl methyl sites for hydroxylation is 1. The maximum absolute atomic E-state index is 5.79. The van der Waals surface area contributed by atoms with Crippen molar-refractivity contribution in [2.24, 2.45) is 5.73 Å². The van der Waals surface area contributed by atoms with Crippen LogP contribution in [0.15, 0.2) is 30.3 Å². The Morgan fingerprint density at radius 3 is 2.62 bits per heavy atom. The molecule has 0 aliphatic heterocycles. The molecule has 0 unspecified atom stereocenters. The maximum atomic E-state index is 5.79. The minimum atomic E-state index is 0.428. The predicted octanol–water partition coefficient (Wildman–Crippen LogP) is 3.06. The fourth-order valence-electron chi connectivity index (χ4n) is 2.91. The van der Waals surface area contributed by atoms with Crippen LogP contribution in [0.1, 0.15) is 29.6 Å². The van der Waals surface area contributed by atoms with Gasteiger partial charge in [-0.15, -0.1) is 0 Å². The van der Waals surface area contributed by atoms with Crippen molar-refractivity contribution < 1.29 is 0 Å². The van der Waals surface area contributed by atoms with Gasteiger partial charge in [-0.05, 0) is 38.0 Å². The Bertz CT molecular complexity index is 802. The highest BCUT2D eigenvalue weighted by Gasteiger charge is 2.14. The zero-order valence-corrected chi connectivity index (χ0v) is 12.7. The van der Waals surface area contributed by atoms with Crippen molar-refractivity contribution >= 4 is 10.9 Å². The number of pyridine rings is 1. The third-order valence-electron chi connectivity index (χ3n) is 3.98. The molecule has 0 radical (unpaired) electrons. The number of rotatable bonds is 3. The van der Waals surface area contributed by atoms with Gasteiger partial charge in [0, 0.05) is 17.6 Å². The molecule has 0 spiro atoms. The fourth-order valence-corrected chi connectivity index (χ4v) is 2.91. The summed E-state index contributed by atoms with van der Waals surface area (Å²) in [4.78, 5) is 4.59. The van der Waals surface area contributed by atoms with Crippen LogP contribution in [0, 0.1) is 13.8 Å². The van der Waals surface area contributed by atoms with E-state index < -0.39 is 0 Å². The molecule has 0 aliphatic rings. The second kappa shape index (κ2) is 5.30. The Morgan fingerprint density at radius 2 is 1.95 bits per heavy atom. The molecule has 108 valence electrons. The number of nitrogens with two attached hydrogens (primary N) is 1. The van der Waals surface area contributed by atoms with Gasteiger partial charge in [0.2, 0.25) is 0 Å². The number of nitrogens with zero attached hydrogens (tertiary/aromatic N) is 3. The van der Waals surface area contributed by atoms with Crippen LogP contribution in [0.3, 0.4) is 0 Å². The highest BCUT2D eigenvalue weighted by Crippen LogP contribution is 2.25. The largest absolute Gasteiger partial charge is 0.325 e. The zero-order chi connectivity index (χ0) is 15.0. The summed E-state index contributed by atoms with van der Waals surface area (Å²) in [5.74, 6) is 0. The Hall–Kier alpha value is -2.20. The van der Waals surface area contributed by atoms with Gasteiger partial charge in [-0.3, -0.25) is 4.98 Å². The molecule has 2 N–H and O–H groups in total. The predicted molar refractivity (Wildman–Crippen MR) is 85.6 cm³/mol. The first-order valence-corrected chi connectivity index (χ1v) is 7.30. The van der Waals surface area contributed by atoms with E-state index in [1.807, 2.05) is 28.9 Å². The summed E-state index contributed by atoms with van der Waals surface area (Å²) in [5, 5.41) is 5.82. The second-order valence-electron chi connectivity index (χ2n) is 5.27. The molecule has 2 heterocycles. The van der Waals surface area contributed by atoms with E-state index in [0.717, 1.165) is 34.4 Å². The lowest BCUT2D eigenvalue weighted by molar-refractivity contribution is 0.833. The van der Waals surface area contributed by atoms with E-state index in [2.05, 4.69) is 31.8 Å². The Kier molecular flexibility index (Phi) is 3.47. The van der Waals surface area contributed by atoms with Gasteiger partial charge in [-0.25, -0.2) is 4.68 Å². The molecule has 0 saturated carbocycles. The zero-order valence-electron chi connectivity index (χ0n) is 12.7. The highest BCUT2D eigenvalue weighted by molar-refractivity contribution is 5.87. The van der Waals surface area contributed by atoms with E-state index in [1.165, 1.54) is 11.3 Å². The second-order valence-corrected chi connectivity index (χ2v) is 5.27. The van der Waals surface area contributed by atoms with Crippen molar-refractivity contribution in [3.05, 3.63) is 53.0 Å². The molecule has 2 aromatic heterocycles. The van der Waals surface area contributed by atoms with Gasteiger partial charge in [0.25, 0.3) is 0 Å². The fraction of sp³-hybridized carbons (Fsp3) is 0.294. The summed E-state index contributed by atoms with van der Waals surface area (Å²) < 4.78 is 2.03. The Morgan fingerprint density at radius 1 is 1.19 bits per heavy atom. The molecule has 0 atom stereocenters. The van der Waals surface area contributed by atoms with Crippen LogP contribution in [-0.2, 0) is 13.0 Å². The van der Waals surface area contributed by atoms with Gasteiger partial charge in [0.05, 0.1) is 22.6 Å². The van der Waals surface area contributed by atoms with Crippen LogP contribution < -0.4 is 5.73 Å². The Balaban J connectivity index is 2.34. The molecule has 0 fully saturated rings. The lowest BCUT2D eigenvalue weighted by atomic mass is 10.1. The monoisotopic (exact) mass is 280 g/mol. The van der Waals surface area contributed by atoms with Gasteiger partial charge in [0.1, 0.15) is 0 Å². The van der Waals surface area contributed by atoms with Crippen LogP contribution in [0.5, 0.6) is 0 Å². The van der Waals surface area contributed by atoms with E-state index >= 15 is 0 Å². The minimum absolute atomic E-state index is 0.428. The average molecular weight is 280 g/mol. The number of hydrogen-bond donors (Lipinski definition) is 1. The molecule has 1 aromatic carbocycles. The SMILES string of the molecule is CCc1c(C)nn(-c2cc(CN)nc3ccccc23)c1C. The Labute approximate surface area is 124 Å². The molecule has 4 heteroatoms. The van der Waals surface area contributed by atoms with Crippen LogP contribution in [0.4, 0.5) is 0 Å². The summed E-state index contributed by atoms with van der Waals surface area (Å²) in [7, 11) is 0. The maximum Gasteiger partial charge on any atom is 0.0761 e. The van der Waals surface area contributed by atoms with Crippen LogP contribution >= 0.6 is 0 Å². The van der Waals surface area contributed by atoms with E-state index in [-0.39, 0.29) is 0 Å². The van der Waals surface area contributed by atoms with E-state index in [0.29, 0.717) is 6.54 Å².